The van der Waals surface area contributed by atoms with Gasteiger partial charge < -0.3 is 25.6 Å². The third-order valence-electron chi connectivity index (χ3n) is 5.71. The first kappa shape index (κ1) is 21.8. The Morgan fingerprint density at radius 1 is 1.09 bits per heavy atom. The molecule has 1 saturated heterocycles. The van der Waals surface area contributed by atoms with Crippen LogP contribution in [0.3, 0.4) is 0 Å². The number of likely N-dealkylation sites (N-methyl/N-ethyl adjacent to an activating group) is 1. The maximum Gasteiger partial charge on any atom is 0.250 e. The standard InChI is InChI=1S/C22H25FN10O/c1-13-26-19(30-22(24)27-13)18-20(28-14-10-16(23)21(34-3)25-11-14)29-17-5-4-15(12-33(17)18)32-8-6-31(2)7-9-32/h4-5,10-12,28H,6-9H2,1-3H3,(H2,24,26,27,30). The molecule has 0 unspecified atom stereocenters. The minimum Gasteiger partial charge on any atom is -0.479 e. The molecule has 12 heteroatoms. The molecule has 11 nitrogen and oxygen atoms in total. The number of piperazine rings is 1. The van der Waals surface area contributed by atoms with Gasteiger partial charge in [-0.1, -0.05) is 0 Å². The number of nitrogens with zero attached hydrogens (tertiary/aromatic N) is 8. The Morgan fingerprint density at radius 2 is 1.88 bits per heavy atom. The van der Waals surface area contributed by atoms with E-state index >= 15 is 0 Å². The molecule has 0 spiro atoms. The highest BCUT2D eigenvalue weighted by Gasteiger charge is 2.21. The van der Waals surface area contributed by atoms with Gasteiger partial charge in [0.25, 0.3) is 0 Å². The van der Waals surface area contributed by atoms with Crippen molar-refractivity contribution in [3.63, 3.8) is 0 Å². The molecular weight excluding hydrogens is 439 g/mol. The van der Waals surface area contributed by atoms with Gasteiger partial charge in [-0.15, -0.1) is 0 Å². The molecule has 0 aromatic carbocycles. The number of pyridine rings is 2. The van der Waals surface area contributed by atoms with E-state index in [4.69, 9.17) is 15.5 Å². The molecule has 34 heavy (non-hydrogen) atoms. The number of imidazole rings is 1. The van der Waals surface area contributed by atoms with Gasteiger partial charge in [-0.25, -0.2) is 19.3 Å². The molecule has 0 aliphatic carbocycles. The number of nitrogens with two attached hydrogens (primary N) is 1. The summed E-state index contributed by atoms with van der Waals surface area (Å²) in [6, 6.07) is 5.28. The minimum absolute atomic E-state index is 0.0848. The Balaban J connectivity index is 1.62. The van der Waals surface area contributed by atoms with Gasteiger partial charge in [-0.2, -0.15) is 9.97 Å². The quantitative estimate of drug-likeness (QED) is 0.454. The van der Waals surface area contributed by atoms with Gasteiger partial charge in [0.05, 0.1) is 24.7 Å². The van der Waals surface area contributed by atoms with Gasteiger partial charge in [-0.05, 0) is 26.1 Å². The summed E-state index contributed by atoms with van der Waals surface area (Å²) in [5, 5.41) is 3.14. The third kappa shape index (κ3) is 4.15. The summed E-state index contributed by atoms with van der Waals surface area (Å²) in [6.07, 6.45) is 3.48. The number of anilines is 4. The van der Waals surface area contributed by atoms with Crippen molar-refractivity contribution in [1.29, 1.82) is 0 Å². The van der Waals surface area contributed by atoms with Gasteiger partial charge >= 0.3 is 0 Å². The van der Waals surface area contributed by atoms with Gasteiger partial charge in [0.1, 0.15) is 17.2 Å². The van der Waals surface area contributed by atoms with Gasteiger partial charge in [0.2, 0.25) is 11.8 Å². The largest absolute Gasteiger partial charge is 0.479 e. The number of fused-ring (bicyclic) bond motifs is 1. The first-order chi connectivity index (χ1) is 16.4. The molecule has 0 bridgehead atoms. The number of hydrogen-bond acceptors (Lipinski definition) is 10. The number of aryl methyl sites for hydroxylation is 1. The van der Waals surface area contributed by atoms with Crippen LogP contribution in [0.4, 0.5) is 27.5 Å². The average Bonchev–Trinajstić information content (AvgIpc) is 3.16. The Bertz CT molecular complexity index is 1330. The van der Waals surface area contributed by atoms with Crippen molar-refractivity contribution in [1.82, 2.24) is 34.2 Å². The number of nitrogen functional groups attached to an aromatic ring is 1. The lowest BCUT2D eigenvalue weighted by Crippen LogP contribution is -2.44. The van der Waals surface area contributed by atoms with Crippen LogP contribution in [-0.4, -0.2) is 74.6 Å². The van der Waals surface area contributed by atoms with Crippen molar-refractivity contribution in [2.45, 2.75) is 6.92 Å². The van der Waals surface area contributed by atoms with Crippen LogP contribution in [0.2, 0.25) is 0 Å². The predicted octanol–water partition coefficient (Wildman–Crippen LogP) is 2.12. The van der Waals surface area contributed by atoms with E-state index < -0.39 is 5.82 Å². The summed E-state index contributed by atoms with van der Waals surface area (Å²) in [4.78, 5) is 26.3. The lowest BCUT2D eigenvalue weighted by molar-refractivity contribution is 0.313. The fourth-order valence-electron chi connectivity index (χ4n) is 3.98. The summed E-state index contributed by atoms with van der Waals surface area (Å²) < 4.78 is 21.1. The number of nitrogens with one attached hydrogen (secondary N) is 1. The Kier molecular flexibility index (Phi) is 5.57. The van der Waals surface area contributed by atoms with E-state index in [2.05, 4.69) is 42.1 Å². The normalized spacial score (nSPS) is 14.5. The van der Waals surface area contributed by atoms with Crippen LogP contribution in [0.15, 0.2) is 30.6 Å². The van der Waals surface area contributed by atoms with Crippen LogP contribution < -0.4 is 20.7 Å². The molecule has 4 aromatic heterocycles. The van der Waals surface area contributed by atoms with E-state index in [0.717, 1.165) is 31.9 Å². The monoisotopic (exact) mass is 464 g/mol. The fourth-order valence-corrected chi connectivity index (χ4v) is 3.98. The Labute approximate surface area is 195 Å². The number of methoxy groups -OCH3 is 1. The molecule has 5 rings (SSSR count). The number of halogens is 1. The van der Waals surface area contributed by atoms with Crippen LogP contribution >= 0.6 is 0 Å². The lowest BCUT2D eigenvalue weighted by atomic mass is 10.3. The Hall–Kier alpha value is -4.06. The van der Waals surface area contributed by atoms with E-state index in [1.807, 2.05) is 22.7 Å². The van der Waals surface area contributed by atoms with Crippen LogP contribution in [0.1, 0.15) is 5.82 Å². The predicted molar refractivity (Wildman–Crippen MR) is 127 cm³/mol. The van der Waals surface area contributed by atoms with E-state index in [-0.39, 0.29) is 11.8 Å². The van der Waals surface area contributed by atoms with Crippen molar-refractivity contribution in [3.05, 3.63) is 42.2 Å². The summed E-state index contributed by atoms with van der Waals surface area (Å²) in [7, 11) is 3.49. The molecule has 176 valence electrons. The SMILES string of the molecule is COc1ncc(Nc2nc3ccc(N4CCN(C)CC4)cn3c2-c2nc(C)nc(N)n2)cc1F. The fraction of sp³-hybridized carbons (Fsp3) is 0.318. The van der Waals surface area contributed by atoms with Gasteiger partial charge in [0.15, 0.2) is 17.5 Å². The highest BCUT2D eigenvalue weighted by molar-refractivity contribution is 5.77. The molecule has 1 fully saturated rings. The molecule has 4 aromatic rings. The highest BCUT2D eigenvalue weighted by Crippen LogP contribution is 2.32. The second-order valence-corrected chi connectivity index (χ2v) is 8.12. The minimum atomic E-state index is -0.588. The first-order valence-corrected chi connectivity index (χ1v) is 10.8. The third-order valence-corrected chi connectivity index (χ3v) is 5.71. The number of aromatic nitrogens is 6. The van der Waals surface area contributed by atoms with E-state index in [1.165, 1.54) is 19.4 Å². The number of ether oxygens (including phenoxy) is 1. The van der Waals surface area contributed by atoms with E-state index in [0.29, 0.717) is 34.5 Å². The van der Waals surface area contributed by atoms with Crippen molar-refractivity contribution in [2.24, 2.45) is 0 Å². The van der Waals surface area contributed by atoms with Crippen molar-refractivity contribution >= 4 is 28.8 Å². The molecule has 0 amide bonds. The zero-order chi connectivity index (χ0) is 23.8. The first-order valence-electron chi connectivity index (χ1n) is 10.8. The smallest absolute Gasteiger partial charge is 0.250 e. The zero-order valence-corrected chi connectivity index (χ0v) is 19.2. The summed E-state index contributed by atoms with van der Waals surface area (Å²) >= 11 is 0. The number of rotatable bonds is 5. The van der Waals surface area contributed by atoms with Crippen LogP contribution in [0, 0.1) is 12.7 Å². The van der Waals surface area contributed by atoms with Gasteiger partial charge in [-0.3, -0.25) is 4.40 Å². The summed E-state index contributed by atoms with van der Waals surface area (Å²) in [6.45, 7) is 5.56. The maximum absolute atomic E-state index is 14.3. The molecule has 0 atom stereocenters. The van der Waals surface area contributed by atoms with E-state index in [9.17, 15) is 4.39 Å². The lowest BCUT2D eigenvalue weighted by Gasteiger charge is -2.34. The van der Waals surface area contributed by atoms with Crippen LogP contribution in [0.25, 0.3) is 17.2 Å². The van der Waals surface area contributed by atoms with Crippen molar-refractivity contribution in [2.75, 3.05) is 56.3 Å². The topological polar surface area (TPSA) is 123 Å². The second kappa shape index (κ2) is 8.71. The van der Waals surface area contributed by atoms with Crippen molar-refractivity contribution < 1.29 is 9.13 Å². The highest BCUT2D eigenvalue weighted by atomic mass is 19.1. The molecular formula is C22H25FN10O. The van der Waals surface area contributed by atoms with Crippen LogP contribution in [-0.2, 0) is 0 Å². The maximum atomic E-state index is 14.3. The zero-order valence-electron chi connectivity index (χ0n) is 19.2. The van der Waals surface area contributed by atoms with E-state index in [1.54, 1.807) is 6.92 Å². The molecule has 1 aliphatic rings. The average molecular weight is 465 g/mol. The summed E-state index contributed by atoms with van der Waals surface area (Å²) in [5.74, 6) is 0.713. The molecule has 1 aliphatic heterocycles. The van der Waals surface area contributed by atoms with Gasteiger partial charge in [0, 0.05) is 38.4 Å². The molecule has 5 heterocycles. The second-order valence-electron chi connectivity index (χ2n) is 8.12. The Morgan fingerprint density at radius 3 is 2.59 bits per heavy atom. The molecule has 0 saturated carbocycles. The summed E-state index contributed by atoms with van der Waals surface area (Å²) in [5.41, 5.74) is 8.64. The molecule has 3 N–H and O–H groups in total. The number of hydrogen-bond donors (Lipinski definition) is 2. The molecule has 0 radical (unpaired) electrons. The van der Waals surface area contributed by atoms with Crippen LogP contribution in [0.5, 0.6) is 5.88 Å². The van der Waals surface area contributed by atoms with Crippen molar-refractivity contribution in [3.8, 4) is 17.4 Å².